The van der Waals surface area contributed by atoms with Crippen molar-refractivity contribution in [1.82, 2.24) is 15.6 Å². The Morgan fingerprint density at radius 3 is 2.82 bits per heavy atom. The van der Waals surface area contributed by atoms with Crippen LogP contribution >= 0.6 is 0 Å². The summed E-state index contributed by atoms with van der Waals surface area (Å²) in [4.78, 5) is 16.6. The predicted molar refractivity (Wildman–Crippen MR) is 129 cm³/mol. The summed E-state index contributed by atoms with van der Waals surface area (Å²) in [6, 6.07) is 3.93. The molecule has 1 aliphatic carbocycles. The van der Waals surface area contributed by atoms with E-state index >= 15 is 0 Å². The van der Waals surface area contributed by atoms with Crippen molar-refractivity contribution in [2.45, 2.75) is 76.7 Å². The zero-order valence-corrected chi connectivity index (χ0v) is 20.8. The van der Waals surface area contributed by atoms with Crippen LogP contribution in [0.5, 0.6) is 5.88 Å². The van der Waals surface area contributed by atoms with Gasteiger partial charge in [0.2, 0.25) is 11.8 Å². The maximum atomic E-state index is 12.0. The molecule has 186 valence electrons. The van der Waals surface area contributed by atoms with Crippen LogP contribution in [0.4, 0.5) is 0 Å². The number of nitriles is 1. The first-order chi connectivity index (χ1) is 16.1. The number of carbonyl (C=O) groups is 1. The minimum absolute atomic E-state index is 0.000854. The van der Waals surface area contributed by atoms with Crippen molar-refractivity contribution in [3.05, 3.63) is 36.0 Å². The van der Waals surface area contributed by atoms with Gasteiger partial charge < -0.3 is 25.2 Å². The smallest absolute Gasteiger partial charge is 0.246 e. The van der Waals surface area contributed by atoms with Gasteiger partial charge in [0.05, 0.1) is 24.1 Å². The molecular formula is C26H38N4O4. The van der Waals surface area contributed by atoms with Crippen LogP contribution < -0.4 is 15.4 Å². The molecule has 0 saturated heterocycles. The number of aliphatic hydroxyl groups is 1. The molecule has 2 heterocycles. The quantitative estimate of drug-likeness (QED) is 0.450. The molecule has 1 fully saturated rings. The molecule has 1 aromatic heterocycles. The van der Waals surface area contributed by atoms with Gasteiger partial charge in [0.1, 0.15) is 12.2 Å². The molecule has 3 atom stereocenters. The molecular weight excluding hydrogens is 432 g/mol. The number of methoxy groups -OCH3 is 1. The number of ether oxygens (including phenoxy) is 2. The Kier molecular flexibility index (Phi) is 8.34. The summed E-state index contributed by atoms with van der Waals surface area (Å²) in [6.07, 6.45) is 6.13. The summed E-state index contributed by atoms with van der Waals surface area (Å²) in [6.45, 7) is 10.5. The third-order valence-electron chi connectivity index (χ3n) is 6.43. The van der Waals surface area contributed by atoms with Crippen LogP contribution in [0, 0.1) is 22.7 Å². The number of pyridine rings is 1. The monoisotopic (exact) mass is 470 g/mol. The van der Waals surface area contributed by atoms with E-state index in [2.05, 4.69) is 55.1 Å². The van der Waals surface area contributed by atoms with E-state index in [9.17, 15) is 15.2 Å². The minimum Gasteiger partial charge on any atom is -0.471 e. The fraction of sp³-hybridized carbons (Fsp3) is 0.654. The van der Waals surface area contributed by atoms with E-state index in [1.165, 1.54) is 7.11 Å². The average Bonchev–Trinajstić information content (AvgIpc) is 2.74. The molecule has 3 rings (SSSR count). The van der Waals surface area contributed by atoms with Crippen LogP contribution in [0.1, 0.15) is 63.6 Å². The molecule has 34 heavy (non-hydrogen) atoms. The lowest BCUT2D eigenvalue weighted by Crippen LogP contribution is -2.54. The first-order valence-corrected chi connectivity index (χ1v) is 12.0. The summed E-state index contributed by atoms with van der Waals surface area (Å²) in [5.74, 6) is 0.320. The summed E-state index contributed by atoms with van der Waals surface area (Å²) in [5.41, 5.74) is 1.83. The fourth-order valence-corrected chi connectivity index (χ4v) is 4.93. The van der Waals surface area contributed by atoms with E-state index < -0.39 is 17.7 Å². The van der Waals surface area contributed by atoms with Crippen LogP contribution in [0.2, 0.25) is 0 Å². The summed E-state index contributed by atoms with van der Waals surface area (Å²) < 4.78 is 11.2. The molecule has 0 bridgehead atoms. The first kappa shape index (κ1) is 26.1. The van der Waals surface area contributed by atoms with Gasteiger partial charge in [0.25, 0.3) is 0 Å². The van der Waals surface area contributed by atoms with Crippen LogP contribution in [-0.4, -0.2) is 54.0 Å². The molecule has 0 radical (unpaired) electrons. The number of aliphatic hydroxyl groups excluding tert-OH is 1. The van der Waals surface area contributed by atoms with Crippen LogP contribution in [-0.2, 0) is 16.0 Å². The number of carbonyl (C=O) groups excluding carboxylic acids is 1. The standard InChI is InChI=1S/C26H38N4O4/c1-6-7-20(30-23(32)16-33-5)22(31)15-28-21-12-26(10-18(11-26)13-27)34-24-19(21)8-17(14-29-24)9-25(2,3)4/h6,8,14,18,20-22,28,31H,1,7,9-12,15-16H2,2-5H3,(H,30,32)/t18?,20-,21-,22+,26?/m0/s1. The number of nitrogens with zero attached hydrogens (tertiary/aromatic N) is 2. The van der Waals surface area contributed by atoms with Crippen molar-refractivity contribution in [2.75, 3.05) is 20.3 Å². The van der Waals surface area contributed by atoms with Crippen molar-refractivity contribution in [3.8, 4) is 11.9 Å². The lowest BCUT2D eigenvalue weighted by molar-refractivity contribution is -0.126. The molecule has 0 aromatic carbocycles. The second-order valence-corrected chi connectivity index (χ2v) is 10.9. The number of hydrogen-bond acceptors (Lipinski definition) is 7. The number of fused-ring (bicyclic) bond motifs is 1. The number of amides is 1. The van der Waals surface area contributed by atoms with Gasteiger partial charge in [-0.05, 0) is 29.9 Å². The van der Waals surface area contributed by atoms with Crippen molar-refractivity contribution in [2.24, 2.45) is 11.3 Å². The molecule has 1 aromatic rings. The minimum atomic E-state index is -0.819. The van der Waals surface area contributed by atoms with Gasteiger partial charge in [0.15, 0.2) is 0 Å². The molecule has 8 nitrogen and oxygen atoms in total. The first-order valence-electron chi connectivity index (χ1n) is 12.0. The Morgan fingerprint density at radius 1 is 1.47 bits per heavy atom. The molecule has 8 heteroatoms. The van der Waals surface area contributed by atoms with Gasteiger partial charge in [-0.3, -0.25) is 4.79 Å². The second-order valence-electron chi connectivity index (χ2n) is 10.9. The van der Waals surface area contributed by atoms with Gasteiger partial charge in [-0.2, -0.15) is 5.26 Å². The topological polar surface area (TPSA) is 116 Å². The van der Waals surface area contributed by atoms with Gasteiger partial charge in [-0.25, -0.2) is 4.98 Å². The highest BCUT2D eigenvalue weighted by atomic mass is 16.5. The van der Waals surface area contributed by atoms with E-state index in [4.69, 9.17) is 9.47 Å². The molecule has 0 unspecified atom stereocenters. The Hall–Kier alpha value is -2.47. The Bertz CT molecular complexity index is 914. The van der Waals surface area contributed by atoms with E-state index in [0.717, 1.165) is 17.5 Å². The summed E-state index contributed by atoms with van der Waals surface area (Å²) in [5, 5.41) is 26.5. The lowest BCUT2D eigenvalue weighted by atomic mass is 9.67. The summed E-state index contributed by atoms with van der Waals surface area (Å²) in [7, 11) is 1.46. The van der Waals surface area contributed by atoms with Gasteiger partial charge in [-0.15, -0.1) is 6.58 Å². The molecule has 2 aliphatic rings. The molecule has 1 amide bonds. The highest BCUT2D eigenvalue weighted by molar-refractivity contribution is 5.77. The fourth-order valence-electron chi connectivity index (χ4n) is 4.93. The normalized spacial score (nSPS) is 25.3. The molecule has 1 aliphatic heterocycles. The van der Waals surface area contributed by atoms with Gasteiger partial charge >= 0.3 is 0 Å². The summed E-state index contributed by atoms with van der Waals surface area (Å²) >= 11 is 0. The molecule has 1 saturated carbocycles. The van der Waals surface area contributed by atoms with Crippen molar-refractivity contribution in [3.63, 3.8) is 0 Å². The zero-order chi connectivity index (χ0) is 24.9. The van der Waals surface area contributed by atoms with Crippen LogP contribution in [0.15, 0.2) is 24.9 Å². The third kappa shape index (κ3) is 6.56. The van der Waals surface area contributed by atoms with E-state index in [1.807, 2.05) is 6.20 Å². The van der Waals surface area contributed by atoms with Crippen LogP contribution in [0.25, 0.3) is 0 Å². The molecule has 3 N–H and O–H groups in total. The van der Waals surface area contributed by atoms with E-state index in [1.54, 1.807) is 6.08 Å². The Labute approximate surface area is 202 Å². The maximum absolute atomic E-state index is 12.0. The predicted octanol–water partition coefficient (Wildman–Crippen LogP) is 2.82. The highest BCUT2D eigenvalue weighted by Gasteiger charge is 2.51. The number of hydrogen-bond donors (Lipinski definition) is 3. The molecule has 1 spiro atoms. The van der Waals surface area contributed by atoms with Crippen molar-refractivity contribution in [1.29, 1.82) is 5.26 Å². The Balaban J connectivity index is 1.77. The Morgan fingerprint density at radius 2 is 2.21 bits per heavy atom. The van der Waals surface area contributed by atoms with Crippen molar-refractivity contribution >= 4 is 5.91 Å². The van der Waals surface area contributed by atoms with Crippen molar-refractivity contribution < 1.29 is 19.4 Å². The third-order valence-corrected chi connectivity index (χ3v) is 6.43. The second kappa shape index (κ2) is 10.9. The van der Waals surface area contributed by atoms with Gasteiger partial charge in [-0.1, -0.05) is 26.8 Å². The highest BCUT2D eigenvalue weighted by Crippen LogP contribution is 2.50. The van der Waals surface area contributed by atoms with Crippen LogP contribution in [0.3, 0.4) is 0 Å². The average molecular weight is 471 g/mol. The number of nitrogens with one attached hydrogen (secondary N) is 2. The number of aromatic nitrogens is 1. The van der Waals surface area contributed by atoms with E-state index in [-0.39, 0.29) is 36.4 Å². The SMILES string of the molecule is C=CC[C@H](NC(=O)COC)[C@H](O)CN[C@H]1CC2(CC(C#N)C2)Oc2ncc(CC(C)(C)C)cc21. The van der Waals surface area contributed by atoms with Gasteiger partial charge in [0, 0.05) is 50.7 Å². The maximum Gasteiger partial charge on any atom is 0.246 e. The lowest BCUT2D eigenvalue weighted by Gasteiger charge is -2.49. The number of rotatable bonds is 10. The van der Waals surface area contributed by atoms with E-state index in [0.29, 0.717) is 31.6 Å². The zero-order valence-electron chi connectivity index (χ0n) is 20.8. The largest absolute Gasteiger partial charge is 0.471 e.